The molecule has 6 heteroatoms. The smallest absolute Gasteiger partial charge is 0.410 e. The molecule has 2 aliphatic rings. The molecule has 0 aromatic heterocycles. The first kappa shape index (κ1) is 17.1. The highest BCUT2D eigenvalue weighted by Gasteiger charge is 2.51. The van der Waals surface area contributed by atoms with Gasteiger partial charge >= 0.3 is 6.09 Å². The lowest BCUT2D eigenvalue weighted by molar-refractivity contribution is -0.0642. The first-order valence-electron chi connectivity index (χ1n) is 8.28. The molecule has 1 N–H and O–H groups in total. The van der Waals surface area contributed by atoms with Gasteiger partial charge in [-0.2, -0.15) is 0 Å². The van der Waals surface area contributed by atoms with Crippen LogP contribution < -0.4 is 0 Å². The molecule has 2 aliphatic heterocycles. The van der Waals surface area contributed by atoms with Gasteiger partial charge in [-0.1, -0.05) is 0 Å². The summed E-state index contributed by atoms with van der Waals surface area (Å²) in [6.45, 7) is 5.40. The van der Waals surface area contributed by atoms with Crippen LogP contribution in [-0.4, -0.2) is 33.8 Å². The van der Waals surface area contributed by atoms with Crippen LogP contribution in [0.25, 0.3) is 0 Å². The topological polar surface area (TPSA) is 49.8 Å². The number of hydrogen-bond donors (Lipinski definition) is 1. The van der Waals surface area contributed by atoms with Gasteiger partial charge in [0.2, 0.25) is 0 Å². The van der Waals surface area contributed by atoms with Crippen molar-refractivity contribution < 1.29 is 23.4 Å². The van der Waals surface area contributed by atoms with Crippen LogP contribution in [0.2, 0.25) is 0 Å². The zero-order chi connectivity index (χ0) is 17.7. The van der Waals surface area contributed by atoms with Crippen LogP contribution in [0.3, 0.4) is 0 Å². The minimum absolute atomic E-state index is 0.0248. The van der Waals surface area contributed by atoms with Gasteiger partial charge in [-0.15, -0.1) is 0 Å². The van der Waals surface area contributed by atoms with Gasteiger partial charge in [0.25, 0.3) is 0 Å². The van der Waals surface area contributed by atoms with Crippen molar-refractivity contribution in [3.05, 3.63) is 35.4 Å². The standard InChI is InChI=1S/C18H23F2NO3/c1-17(2,3)24-16(22)21-12-5-6-13(21)10-18(23,9-12)14-8-11(19)4-7-15(14)20/h4,7-8,12-13,23H,5-6,9-10H2,1-3H3. The first-order valence-corrected chi connectivity index (χ1v) is 8.28. The normalized spacial score (nSPS) is 29.7. The van der Waals surface area contributed by atoms with E-state index >= 15 is 0 Å². The van der Waals surface area contributed by atoms with Crippen LogP contribution in [0.5, 0.6) is 0 Å². The Balaban J connectivity index is 1.84. The van der Waals surface area contributed by atoms with E-state index in [0.717, 1.165) is 31.0 Å². The summed E-state index contributed by atoms with van der Waals surface area (Å²) in [5.41, 5.74) is -2.08. The molecule has 2 unspecified atom stereocenters. The minimum atomic E-state index is -1.46. The minimum Gasteiger partial charge on any atom is -0.444 e. The molecule has 2 fully saturated rings. The number of halogens is 2. The van der Waals surface area contributed by atoms with Gasteiger partial charge in [-0.3, -0.25) is 0 Å². The van der Waals surface area contributed by atoms with Crippen LogP contribution in [0, 0.1) is 11.6 Å². The molecule has 4 nitrogen and oxygen atoms in total. The van der Waals surface area contributed by atoms with Gasteiger partial charge in [-0.05, 0) is 51.8 Å². The number of ether oxygens (including phenoxy) is 1. The van der Waals surface area contributed by atoms with E-state index in [9.17, 15) is 18.7 Å². The van der Waals surface area contributed by atoms with E-state index in [2.05, 4.69) is 0 Å². The second kappa shape index (κ2) is 5.69. The predicted octanol–water partition coefficient (Wildman–Crippen LogP) is 3.71. The maximum Gasteiger partial charge on any atom is 0.410 e. The average Bonchev–Trinajstić information content (AvgIpc) is 2.73. The maximum absolute atomic E-state index is 14.1. The van der Waals surface area contributed by atoms with Gasteiger partial charge in [0.1, 0.15) is 17.2 Å². The molecule has 2 saturated heterocycles. The highest BCUT2D eigenvalue weighted by atomic mass is 19.1. The molecule has 0 radical (unpaired) electrons. The second-order valence-corrected chi connectivity index (χ2v) is 7.84. The lowest BCUT2D eigenvalue weighted by atomic mass is 9.80. The monoisotopic (exact) mass is 339 g/mol. The zero-order valence-electron chi connectivity index (χ0n) is 14.2. The lowest BCUT2D eigenvalue weighted by Crippen LogP contribution is -2.53. The summed E-state index contributed by atoms with van der Waals surface area (Å²) >= 11 is 0. The molecule has 1 aromatic carbocycles. The molecule has 1 aromatic rings. The van der Waals surface area contributed by atoms with E-state index in [1.807, 2.05) is 0 Å². The molecular weight excluding hydrogens is 316 g/mol. The van der Waals surface area contributed by atoms with Gasteiger partial charge in [0, 0.05) is 30.5 Å². The number of hydrogen-bond acceptors (Lipinski definition) is 3. The maximum atomic E-state index is 14.1. The number of aliphatic hydroxyl groups is 1. The third kappa shape index (κ3) is 3.11. The Labute approximate surface area is 140 Å². The summed E-state index contributed by atoms with van der Waals surface area (Å²) < 4.78 is 33.1. The Kier molecular flexibility index (Phi) is 4.06. The Hall–Kier alpha value is -1.69. The van der Waals surface area contributed by atoms with Crippen LogP contribution in [0.15, 0.2) is 18.2 Å². The molecule has 0 aliphatic carbocycles. The lowest BCUT2D eigenvalue weighted by Gasteiger charge is -2.44. The third-order valence-electron chi connectivity index (χ3n) is 4.80. The fraction of sp³-hybridized carbons (Fsp3) is 0.611. The number of carbonyl (C=O) groups excluding carboxylic acids is 1. The summed E-state index contributed by atoms with van der Waals surface area (Å²) in [6, 6.07) is 2.66. The van der Waals surface area contributed by atoms with E-state index in [-0.39, 0.29) is 30.5 Å². The largest absolute Gasteiger partial charge is 0.444 e. The van der Waals surface area contributed by atoms with Gasteiger partial charge in [0.15, 0.2) is 0 Å². The number of piperidine rings is 1. The molecule has 0 spiro atoms. The summed E-state index contributed by atoms with van der Waals surface area (Å²) in [7, 11) is 0. The van der Waals surface area contributed by atoms with E-state index in [1.165, 1.54) is 0 Å². The van der Waals surface area contributed by atoms with Gasteiger partial charge in [0.05, 0.1) is 5.60 Å². The highest BCUT2D eigenvalue weighted by Crippen LogP contribution is 2.46. The first-order chi connectivity index (χ1) is 11.1. The van der Waals surface area contributed by atoms with Crippen molar-refractivity contribution in [1.29, 1.82) is 0 Å². The third-order valence-corrected chi connectivity index (χ3v) is 4.80. The average molecular weight is 339 g/mol. The van der Waals surface area contributed by atoms with E-state index in [4.69, 9.17) is 4.74 Å². The summed E-state index contributed by atoms with van der Waals surface area (Å²) in [4.78, 5) is 14.1. The molecule has 2 heterocycles. The SMILES string of the molecule is CC(C)(C)OC(=O)N1C2CCC1CC(O)(c1cc(F)ccc1F)C2. The van der Waals surface area contributed by atoms with Crippen molar-refractivity contribution in [3.8, 4) is 0 Å². The fourth-order valence-electron chi connectivity index (χ4n) is 3.91. The Morgan fingerprint density at radius 1 is 1.25 bits per heavy atom. The fourth-order valence-corrected chi connectivity index (χ4v) is 3.91. The molecular formula is C18H23F2NO3. The van der Waals surface area contributed by atoms with Crippen molar-refractivity contribution in [2.24, 2.45) is 0 Å². The molecule has 0 saturated carbocycles. The van der Waals surface area contributed by atoms with Crippen molar-refractivity contribution in [2.45, 2.75) is 69.7 Å². The van der Waals surface area contributed by atoms with Gasteiger partial charge < -0.3 is 14.7 Å². The van der Waals surface area contributed by atoms with E-state index in [0.29, 0.717) is 0 Å². The van der Waals surface area contributed by atoms with Crippen molar-refractivity contribution >= 4 is 6.09 Å². The number of nitrogens with zero attached hydrogens (tertiary/aromatic N) is 1. The number of amides is 1. The molecule has 132 valence electrons. The van der Waals surface area contributed by atoms with Crippen molar-refractivity contribution in [3.63, 3.8) is 0 Å². The summed E-state index contributed by atoms with van der Waals surface area (Å²) in [6.07, 6.45) is 1.41. The van der Waals surface area contributed by atoms with Crippen LogP contribution >= 0.6 is 0 Å². The second-order valence-electron chi connectivity index (χ2n) is 7.84. The summed E-state index contributed by atoms with van der Waals surface area (Å²) in [5, 5.41) is 11.0. The van der Waals surface area contributed by atoms with Gasteiger partial charge in [-0.25, -0.2) is 13.6 Å². The number of rotatable bonds is 1. The van der Waals surface area contributed by atoms with Crippen molar-refractivity contribution in [1.82, 2.24) is 4.90 Å². The van der Waals surface area contributed by atoms with Crippen LogP contribution in [0.4, 0.5) is 13.6 Å². The van der Waals surface area contributed by atoms with Crippen LogP contribution in [0.1, 0.15) is 52.0 Å². The Morgan fingerprint density at radius 2 is 1.83 bits per heavy atom. The molecule has 2 atom stereocenters. The Morgan fingerprint density at radius 3 is 2.38 bits per heavy atom. The number of fused-ring (bicyclic) bond motifs is 2. The van der Waals surface area contributed by atoms with E-state index < -0.39 is 28.9 Å². The number of benzene rings is 1. The molecule has 2 bridgehead atoms. The zero-order valence-corrected chi connectivity index (χ0v) is 14.2. The number of carbonyl (C=O) groups is 1. The molecule has 24 heavy (non-hydrogen) atoms. The highest BCUT2D eigenvalue weighted by molar-refractivity contribution is 5.69. The van der Waals surface area contributed by atoms with E-state index in [1.54, 1.807) is 25.7 Å². The molecule has 3 rings (SSSR count). The molecule has 1 amide bonds. The van der Waals surface area contributed by atoms with Crippen molar-refractivity contribution in [2.75, 3.05) is 0 Å². The quantitative estimate of drug-likeness (QED) is 0.848. The Bertz CT molecular complexity index is 642. The predicted molar refractivity (Wildman–Crippen MR) is 84.4 cm³/mol. The summed E-state index contributed by atoms with van der Waals surface area (Å²) in [5.74, 6) is -1.20. The van der Waals surface area contributed by atoms with Crippen LogP contribution in [-0.2, 0) is 10.3 Å².